The Hall–Kier alpha value is -1.86. The average Bonchev–Trinajstić information content (AvgIpc) is 2.47. The molecule has 1 amide bonds. The first-order chi connectivity index (χ1) is 9.63. The van der Waals surface area contributed by atoms with Crippen LogP contribution in [-0.4, -0.2) is 48.9 Å². The first-order valence-electron chi connectivity index (χ1n) is 7.04. The molecule has 4 heteroatoms. The zero-order chi connectivity index (χ0) is 14.5. The number of rotatable bonds is 3. The summed E-state index contributed by atoms with van der Waals surface area (Å²) in [6.45, 7) is 2.06. The topological polar surface area (TPSA) is 47.3 Å². The molecule has 2 rings (SSSR count). The maximum Gasteiger partial charge on any atom is 0.254 e. The molecule has 4 nitrogen and oxygen atoms in total. The van der Waals surface area contributed by atoms with Gasteiger partial charge in [-0.1, -0.05) is 18.2 Å². The lowest BCUT2D eigenvalue weighted by Crippen LogP contribution is -2.44. The van der Waals surface area contributed by atoms with E-state index in [0.717, 1.165) is 31.5 Å². The molecule has 0 radical (unpaired) electrons. The van der Waals surface area contributed by atoms with Crippen LogP contribution in [0.2, 0.25) is 0 Å². The van der Waals surface area contributed by atoms with Crippen molar-refractivity contribution in [1.29, 1.82) is 5.26 Å². The summed E-state index contributed by atoms with van der Waals surface area (Å²) in [4.78, 5) is 16.8. The summed E-state index contributed by atoms with van der Waals surface area (Å²) in [7, 11) is 3.99. The molecular formula is C16H21N3O. The lowest BCUT2D eigenvalue weighted by molar-refractivity contribution is 0.0658. The highest BCUT2D eigenvalue weighted by Gasteiger charge is 2.25. The standard InChI is InChI=1S/C16H21N3O/c1-18-11-8-14(9-12-18)19(2)16(20)15-6-4-3-5-13(15)7-10-17/h3-6,14H,7-9,11-12H2,1-2H3. The first-order valence-corrected chi connectivity index (χ1v) is 7.04. The van der Waals surface area contributed by atoms with Gasteiger partial charge in [-0.3, -0.25) is 4.79 Å². The molecule has 1 aliphatic heterocycles. The average molecular weight is 271 g/mol. The number of carbonyl (C=O) groups excluding carboxylic acids is 1. The van der Waals surface area contributed by atoms with Crippen molar-refractivity contribution in [2.45, 2.75) is 25.3 Å². The van der Waals surface area contributed by atoms with E-state index in [0.29, 0.717) is 11.6 Å². The maximum atomic E-state index is 12.6. The minimum Gasteiger partial charge on any atom is -0.339 e. The van der Waals surface area contributed by atoms with Crippen molar-refractivity contribution in [3.8, 4) is 6.07 Å². The molecule has 0 spiro atoms. The minimum absolute atomic E-state index is 0.0328. The van der Waals surface area contributed by atoms with Crippen LogP contribution in [0.3, 0.4) is 0 Å². The number of benzene rings is 1. The summed E-state index contributed by atoms with van der Waals surface area (Å²) in [5.74, 6) is 0.0328. The molecule has 0 N–H and O–H groups in total. The van der Waals surface area contributed by atoms with Gasteiger partial charge in [0.25, 0.3) is 5.91 Å². The van der Waals surface area contributed by atoms with Crippen LogP contribution in [0, 0.1) is 11.3 Å². The first kappa shape index (κ1) is 14.5. The van der Waals surface area contributed by atoms with Crippen molar-refractivity contribution in [1.82, 2.24) is 9.80 Å². The van der Waals surface area contributed by atoms with E-state index < -0.39 is 0 Å². The van der Waals surface area contributed by atoms with Crippen LogP contribution in [-0.2, 0) is 6.42 Å². The second-order valence-electron chi connectivity index (χ2n) is 5.44. The highest BCUT2D eigenvalue weighted by molar-refractivity contribution is 5.95. The SMILES string of the molecule is CN1CCC(N(C)C(=O)c2ccccc2CC#N)CC1. The number of hydrogen-bond acceptors (Lipinski definition) is 3. The fraction of sp³-hybridized carbons (Fsp3) is 0.500. The fourth-order valence-corrected chi connectivity index (χ4v) is 2.71. The largest absolute Gasteiger partial charge is 0.339 e. The van der Waals surface area contributed by atoms with Crippen molar-refractivity contribution in [2.24, 2.45) is 0 Å². The lowest BCUT2D eigenvalue weighted by Gasteiger charge is -2.35. The Morgan fingerprint density at radius 2 is 2.05 bits per heavy atom. The molecule has 0 atom stereocenters. The normalized spacial score (nSPS) is 16.6. The molecule has 1 heterocycles. The summed E-state index contributed by atoms with van der Waals surface area (Å²) in [5.41, 5.74) is 1.48. The van der Waals surface area contributed by atoms with Gasteiger partial charge in [-0.05, 0) is 44.6 Å². The van der Waals surface area contributed by atoms with Gasteiger partial charge >= 0.3 is 0 Å². The van der Waals surface area contributed by atoms with E-state index in [9.17, 15) is 4.79 Å². The summed E-state index contributed by atoms with van der Waals surface area (Å²) >= 11 is 0. The molecule has 1 aromatic rings. The predicted molar refractivity (Wildman–Crippen MR) is 78.4 cm³/mol. The van der Waals surface area contributed by atoms with Gasteiger partial charge in [0.05, 0.1) is 12.5 Å². The molecule has 106 valence electrons. The molecule has 1 saturated heterocycles. The highest BCUT2D eigenvalue weighted by atomic mass is 16.2. The Kier molecular flexibility index (Phi) is 4.75. The van der Waals surface area contributed by atoms with Gasteiger partial charge in [0, 0.05) is 18.7 Å². The lowest BCUT2D eigenvalue weighted by atomic mass is 10.0. The quantitative estimate of drug-likeness (QED) is 0.844. The van der Waals surface area contributed by atoms with Crippen LogP contribution in [0.5, 0.6) is 0 Å². The number of likely N-dealkylation sites (tertiary alicyclic amines) is 1. The number of nitriles is 1. The van der Waals surface area contributed by atoms with Crippen molar-refractivity contribution in [3.05, 3.63) is 35.4 Å². The molecule has 0 saturated carbocycles. The van der Waals surface area contributed by atoms with Crippen LogP contribution in [0.4, 0.5) is 0 Å². The monoisotopic (exact) mass is 271 g/mol. The van der Waals surface area contributed by atoms with Gasteiger partial charge in [0.2, 0.25) is 0 Å². The molecule has 0 aromatic heterocycles. The third-order valence-corrected chi connectivity index (χ3v) is 4.07. The van der Waals surface area contributed by atoms with Crippen molar-refractivity contribution >= 4 is 5.91 Å². The van der Waals surface area contributed by atoms with E-state index in [-0.39, 0.29) is 12.3 Å². The van der Waals surface area contributed by atoms with E-state index >= 15 is 0 Å². The van der Waals surface area contributed by atoms with E-state index in [4.69, 9.17) is 5.26 Å². The molecule has 0 aliphatic carbocycles. The Morgan fingerprint density at radius 3 is 2.70 bits per heavy atom. The number of amides is 1. The smallest absolute Gasteiger partial charge is 0.254 e. The van der Waals surface area contributed by atoms with Gasteiger partial charge in [-0.15, -0.1) is 0 Å². The van der Waals surface area contributed by atoms with E-state index in [1.54, 1.807) is 0 Å². The molecule has 0 unspecified atom stereocenters. The predicted octanol–water partition coefficient (Wildman–Crippen LogP) is 1.92. The minimum atomic E-state index is 0.0328. The Morgan fingerprint density at radius 1 is 1.40 bits per heavy atom. The highest BCUT2D eigenvalue weighted by Crippen LogP contribution is 2.18. The molecule has 1 fully saturated rings. The van der Waals surface area contributed by atoms with Gasteiger partial charge < -0.3 is 9.80 Å². The van der Waals surface area contributed by atoms with Gasteiger partial charge in [-0.25, -0.2) is 0 Å². The Bertz CT molecular complexity index is 513. The fourth-order valence-electron chi connectivity index (χ4n) is 2.71. The molecule has 20 heavy (non-hydrogen) atoms. The van der Waals surface area contributed by atoms with Crippen LogP contribution in [0.25, 0.3) is 0 Å². The van der Waals surface area contributed by atoms with E-state index in [1.807, 2.05) is 36.2 Å². The zero-order valence-electron chi connectivity index (χ0n) is 12.2. The third-order valence-electron chi connectivity index (χ3n) is 4.07. The summed E-state index contributed by atoms with van der Waals surface area (Å²) in [6, 6.07) is 9.84. The van der Waals surface area contributed by atoms with E-state index in [2.05, 4.69) is 18.0 Å². The third kappa shape index (κ3) is 3.17. The molecule has 1 aromatic carbocycles. The van der Waals surface area contributed by atoms with Gasteiger partial charge in [0.1, 0.15) is 0 Å². The van der Waals surface area contributed by atoms with Crippen LogP contribution in [0.1, 0.15) is 28.8 Å². The van der Waals surface area contributed by atoms with Crippen molar-refractivity contribution in [2.75, 3.05) is 27.2 Å². The van der Waals surface area contributed by atoms with Crippen LogP contribution < -0.4 is 0 Å². The van der Waals surface area contributed by atoms with E-state index in [1.165, 1.54) is 0 Å². The zero-order valence-corrected chi connectivity index (χ0v) is 12.2. The summed E-state index contributed by atoms with van der Waals surface area (Å²) in [6.07, 6.45) is 2.31. The van der Waals surface area contributed by atoms with Gasteiger partial charge in [-0.2, -0.15) is 5.26 Å². The number of piperidine rings is 1. The number of nitrogens with zero attached hydrogens (tertiary/aromatic N) is 3. The van der Waals surface area contributed by atoms with Crippen molar-refractivity contribution in [3.63, 3.8) is 0 Å². The number of hydrogen-bond donors (Lipinski definition) is 0. The van der Waals surface area contributed by atoms with Gasteiger partial charge in [0.15, 0.2) is 0 Å². The number of carbonyl (C=O) groups is 1. The summed E-state index contributed by atoms with van der Waals surface area (Å²) in [5, 5.41) is 8.86. The summed E-state index contributed by atoms with van der Waals surface area (Å²) < 4.78 is 0. The molecular weight excluding hydrogens is 250 g/mol. The molecule has 0 bridgehead atoms. The Balaban J connectivity index is 2.13. The van der Waals surface area contributed by atoms with Crippen molar-refractivity contribution < 1.29 is 4.79 Å². The second-order valence-corrected chi connectivity index (χ2v) is 5.44. The molecule has 1 aliphatic rings. The maximum absolute atomic E-state index is 12.6. The van der Waals surface area contributed by atoms with Crippen LogP contribution in [0.15, 0.2) is 24.3 Å². The van der Waals surface area contributed by atoms with Crippen LogP contribution >= 0.6 is 0 Å². The second kappa shape index (κ2) is 6.53. The Labute approximate surface area is 120 Å².